The van der Waals surface area contributed by atoms with Gasteiger partial charge in [-0.3, -0.25) is 0 Å². The highest BCUT2D eigenvalue weighted by atomic mass is 17.2. The van der Waals surface area contributed by atoms with Gasteiger partial charge in [-0.2, -0.15) is 0 Å². The molecule has 0 bridgehead atoms. The maximum atomic E-state index is 9.63. The zero-order chi connectivity index (χ0) is 13.8. The van der Waals surface area contributed by atoms with Crippen molar-refractivity contribution in [2.45, 2.75) is 70.6 Å². The zero-order valence-corrected chi connectivity index (χ0v) is 12.0. The first-order valence-corrected chi connectivity index (χ1v) is 6.67. The summed E-state index contributed by atoms with van der Waals surface area (Å²) in [5, 5.41) is 20.0. The van der Waals surface area contributed by atoms with Crippen molar-refractivity contribution in [3.05, 3.63) is 0 Å². The van der Waals surface area contributed by atoms with E-state index in [1.54, 1.807) is 5.06 Å². The summed E-state index contributed by atoms with van der Waals surface area (Å²) in [7, 11) is 0. The van der Waals surface area contributed by atoms with Gasteiger partial charge < -0.3 is 9.84 Å². The van der Waals surface area contributed by atoms with Crippen LogP contribution in [0, 0.1) is 0 Å². The lowest BCUT2D eigenvalue weighted by molar-refractivity contribution is -0.455. The monoisotopic (exact) mass is 261 g/mol. The van der Waals surface area contributed by atoms with Crippen LogP contribution in [0.1, 0.15) is 53.4 Å². The number of nitrogens with zero attached hydrogens (tertiary/aromatic N) is 1. The highest BCUT2D eigenvalue weighted by Gasteiger charge is 2.46. The fourth-order valence-electron chi connectivity index (χ4n) is 2.94. The van der Waals surface area contributed by atoms with Crippen molar-refractivity contribution in [3.63, 3.8) is 0 Å². The summed E-state index contributed by atoms with van der Waals surface area (Å²) in [4.78, 5) is 4.39. The smallest absolute Gasteiger partial charge is 0.0576 e. The van der Waals surface area contributed by atoms with E-state index in [0.29, 0.717) is 12.8 Å². The molecule has 18 heavy (non-hydrogen) atoms. The van der Waals surface area contributed by atoms with Crippen molar-refractivity contribution < 1.29 is 20.1 Å². The summed E-state index contributed by atoms with van der Waals surface area (Å²) >= 11 is 0. The molecule has 0 unspecified atom stereocenters. The third kappa shape index (κ3) is 4.17. The Morgan fingerprint density at radius 2 is 1.50 bits per heavy atom. The Balaban J connectivity index is 0.000000269. The maximum absolute atomic E-state index is 9.63. The minimum Gasteiger partial charge on any atom is -0.393 e. The maximum Gasteiger partial charge on any atom is 0.0576 e. The van der Waals surface area contributed by atoms with Gasteiger partial charge in [0, 0.05) is 24.3 Å². The van der Waals surface area contributed by atoms with Gasteiger partial charge in [0.2, 0.25) is 0 Å². The molecule has 2 rings (SSSR count). The number of ether oxygens (including phenoxy) is 1. The van der Waals surface area contributed by atoms with Gasteiger partial charge in [0.1, 0.15) is 0 Å². The standard InChI is InChI=1S/C9H19NO3.C4H8O/c1-8(2)5-7(11)6-9(3,4)10(8)13-12;1-2-4-5-3-1/h7,11-12H,5-6H2,1-4H3;1-4H2. The minimum atomic E-state index is -0.337. The summed E-state index contributed by atoms with van der Waals surface area (Å²) in [6.07, 6.45) is 3.45. The molecule has 0 atom stereocenters. The molecule has 5 nitrogen and oxygen atoms in total. The average molecular weight is 261 g/mol. The van der Waals surface area contributed by atoms with Gasteiger partial charge in [-0.05, 0) is 53.4 Å². The van der Waals surface area contributed by atoms with Crippen molar-refractivity contribution >= 4 is 0 Å². The average Bonchev–Trinajstić information content (AvgIpc) is 2.70. The van der Waals surface area contributed by atoms with Crippen molar-refractivity contribution in [2.75, 3.05) is 13.2 Å². The first-order valence-electron chi connectivity index (χ1n) is 6.67. The number of piperidine rings is 1. The Labute approximate surface area is 110 Å². The van der Waals surface area contributed by atoms with E-state index in [1.807, 2.05) is 27.7 Å². The molecule has 0 aromatic rings. The van der Waals surface area contributed by atoms with Crippen LogP contribution in [0.15, 0.2) is 0 Å². The zero-order valence-electron chi connectivity index (χ0n) is 12.0. The van der Waals surface area contributed by atoms with E-state index in [9.17, 15) is 5.11 Å². The summed E-state index contributed by atoms with van der Waals surface area (Å²) < 4.78 is 4.94. The lowest BCUT2D eigenvalue weighted by atomic mass is 9.80. The Kier molecular flexibility index (Phi) is 5.55. The van der Waals surface area contributed by atoms with Crippen LogP contribution in [0.4, 0.5) is 0 Å². The highest BCUT2D eigenvalue weighted by Crippen LogP contribution is 2.37. The molecule has 5 heteroatoms. The molecule has 0 spiro atoms. The van der Waals surface area contributed by atoms with Crippen LogP contribution >= 0.6 is 0 Å². The van der Waals surface area contributed by atoms with Crippen LogP contribution < -0.4 is 0 Å². The van der Waals surface area contributed by atoms with E-state index < -0.39 is 0 Å². The third-order valence-corrected chi connectivity index (χ3v) is 3.48. The molecule has 2 saturated heterocycles. The summed E-state index contributed by atoms with van der Waals surface area (Å²) in [6.45, 7) is 9.75. The van der Waals surface area contributed by atoms with Crippen LogP contribution in [0.2, 0.25) is 0 Å². The van der Waals surface area contributed by atoms with Crippen LogP contribution in [-0.4, -0.2) is 45.8 Å². The first kappa shape index (κ1) is 15.9. The lowest BCUT2D eigenvalue weighted by Crippen LogP contribution is -2.61. The second-order valence-electron chi connectivity index (χ2n) is 6.38. The van der Waals surface area contributed by atoms with Gasteiger partial charge in [0.05, 0.1) is 6.10 Å². The Morgan fingerprint density at radius 1 is 1.06 bits per heavy atom. The van der Waals surface area contributed by atoms with E-state index in [2.05, 4.69) is 4.99 Å². The van der Waals surface area contributed by atoms with Crippen molar-refractivity contribution in [2.24, 2.45) is 0 Å². The van der Waals surface area contributed by atoms with Gasteiger partial charge in [-0.15, -0.1) is 10.1 Å². The quantitative estimate of drug-likeness (QED) is 0.559. The Morgan fingerprint density at radius 3 is 1.78 bits per heavy atom. The van der Waals surface area contributed by atoms with Crippen LogP contribution in [0.5, 0.6) is 0 Å². The third-order valence-electron chi connectivity index (χ3n) is 3.48. The fourth-order valence-corrected chi connectivity index (χ4v) is 2.94. The normalized spacial score (nSPS) is 27.7. The molecular formula is C13H27NO4. The molecule has 2 aliphatic heterocycles. The second-order valence-corrected chi connectivity index (χ2v) is 6.38. The molecule has 2 heterocycles. The van der Waals surface area contributed by atoms with Crippen molar-refractivity contribution in [1.29, 1.82) is 0 Å². The molecule has 0 aromatic carbocycles. The molecule has 108 valence electrons. The van der Waals surface area contributed by atoms with Gasteiger partial charge in [-0.25, -0.2) is 5.26 Å². The van der Waals surface area contributed by atoms with Gasteiger partial charge in [-0.1, -0.05) is 0 Å². The topological polar surface area (TPSA) is 62.2 Å². The van der Waals surface area contributed by atoms with Crippen LogP contribution in [0.3, 0.4) is 0 Å². The summed E-state index contributed by atoms with van der Waals surface area (Å²) in [5.74, 6) is 0. The Bertz CT molecular complexity index is 226. The number of hydrogen-bond donors (Lipinski definition) is 2. The highest BCUT2D eigenvalue weighted by molar-refractivity contribution is 4.96. The van der Waals surface area contributed by atoms with E-state index in [4.69, 9.17) is 9.99 Å². The van der Waals surface area contributed by atoms with E-state index in [0.717, 1.165) is 13.2 Å². The molecule has 2 aliphatic rings. The van der Waals surface area contributed by atoms with E-state index in [1.165, 1.54) is 12.8 Å². The predicted molar refractivity (Wildman–Crippen MR) is 69.0 cm³/mol. The molecule has 2 fully saturated rings. The molecule has 0 aliphatic carbocycles. The first-order chi connectivity index (χ1) is 8.29. The van der Waals surface area contributed by atoms with Gasteiger partial charge in [0.25, 0.3) is 0 Å². The largest absolute Gasteiger partial charge is 0.393 e. The van der Waals surface area contributed by atoms with Gasteiger partial charge in [0.15, 0.2) is 0 Å². The van der Waals surface area contributed by atoms with Crippen LogP contribution in [-0.2, 0) is 9.73 Å². The Hall–Kier alpha value is -0.200. The van der Waals surface area contributed by atoms with E-state index >= 15 is 0 Å². The number of hydroxylamine groups is 2. The lowest BCUT2D eigenvalue weighted by Gasteiger charge is -2.50. The fraction of sp³-hybridized carbons (Fsp3) is 1.00. The SMILES string of the molecule is C1CCOC1.CC1(C)CC(O)CC(C)(C)N1OO. The summed E-state index contributed by atoms with van der Waals surface area (Å²) in [5.41, 5.74) is -0.675. The van der Waals surface area contributed by atoms with Crippen molar-refractivity contribution in [1.82, 2.24) is 5.06 Å². The van der Waals surface area contributed by atoms with Crippen molar-refractivity contribution in [3.8, 4) is 0 Å². The summed E-state index contributed by atoms with van der Waals surface area (Å²) in [6, 6.07) is 0. The number of aliphatic hydroxyl groups excluding tert-OH is 1. The minimum absolute atomic E-state index is 0.323. The molecule has 0 aromatic heterocycles. The van der Waals surface area contributed by atoms with E-state index in [-0.39, 0.29) is 17.2 Å². The molecule has 2 N–H and O–H groups in total. The molecule has 0 radical (unpaired) electrons. The molecule has 0 amide bonds. The second kappa shape index (κ2) is 6.30. The van der Waals surface area contributed by atoms with Gasteiger partial charge >= 0.3 is 0 Å². The number of aliphatic hydroxyl groups is 1. The molecule has 0 saturated carbocycles. The molecular weight excluding hydrogens is 234 g/mol. The number of rotatable bonds is 1. The predicted octanol–water partition coefficient (Wildman–Crippen LogP) is 2.20. The number of hydrogen-bond acceptors (Lipinski definition) is 5. The van der Waals surface area contributed by atoms with Crippen LogP contribution in [0.25, 0.3) is 0 Å².